The van der Waals surface area contributed by atoms with Crippen LogP contribution in [-0.2, 0) is 4.74 Å². The van der Waals surface area contributed by atoms with Gasteiger partial charge >= 0.3 is 12.1 Å². The second-order valence-electron chi connectivity index (χ2n) is 6.28. The molecule has 20 heavy (non-hydrogen) atoms. The van der Waals surface area contributed by atoms with E-state index in [2.05, 4.69) is 16.0 Å². The molecule has 7 nitrogen and oxygen atoms in total. The third-order valence-corrected chi connectivity index (χ3v) is 2.81. The molecule has 2 atom stereocenters. The van der Waals surface area contributed by atoms with E-state index in [4.69, 9.17) is 4.74 Å². The van der Waals surface area contributed by atoms with E-state index in [0.29, 0.717) is 19.5 Å². The Bertz CT molecular complexity index is 352. The summed E-state index contributed by atoms with van der Waals surface area (Å²) in [7, 11) is 3.39. The van der Waals surface area contributed by atoms with Crippen LogP contribution < -0.4 is 16.0 Å². The Labute approximate surface area is 120 Å². The number of hydrogen-bond donors (Lipinski definition) is 3. The average Bonchev–Trinajstić information content (AvgIpc) is 2.26. The first-order valence-electron chi connectivity index (χ1n) is 6.85. The Morgan fingerprint density at radius 3 is 2.20 bits per heavy atom. The van der Waals surface area contributed by atoms with Gasteiger partial charge in [0, 0.05) is 39.3 Å². The Morgan fingerprint density at radius 1 is 1.15 bits per heavy atom. The van der Waals surface area contributed by atoms with E-state index >= 15 is 0 Å². The largest absolute Gasteiger partial charge is 0.444 e. The van der Waals surface area contributed by atoms with Gasteiger partial charge in [-0.25, -0.2) is 9.59 Å². The number of alkyl carbamates (subject to hydrolysis) is 1. The fraction of sp³-hybridized carbons (Fsp3) is 0.846. The Morgan fingerprint density at radius 2 is 1.70 bits per heavy atom. The molecule has 1 aliphatic rings. The number of piperidine rings is 1. The molecule has 0 saturated carbocycles. The summed E-state index contributed by atoms with van der Waals surface area (Å²) in [6.07, 6.45) is 0.259. The number of hydrogen-bond acceptors (Lipinski definition) is 4. The average molecular weight is 286 g/mol. The molecule has 1 rings (SSSR count). The highest BCUT2D eigenvalue weighted by Crippen LogP contribution is 2.09. The second-order valence-corrected chi connectivity index (χ2v) is 6.28. The third-order valence-electron chi connectivity index (χ3n) is 2.81. The maximum atomic E-state index is 11.7. The van der Waals surface area contributed by atoms with Crippen LogP contribution in [0, 0.1) is 0 Å². The molecule has 1 saturated heterocycles. The topological polar surface area (TPSA) is 82.7 Å². The minimum Gasteiger partial charge on any atom is -0.444 e. The zero-order valence-electron chi connectivity index (χ0n) is 12.9. The van der Waals surface area contributed by atoms with Crippen molar-refractivity contribution in [3.05, 3.63) is 0 Å². The lowest BCUT2D eigenvalue weighted by Gasteiger charge is -2.32. The van der Waals surface area contributed by atoms with Gasteiger partial charge in [0.1, 0.15) is 5.60 Å². The van der Waals surface area contributed by atoms with Crippen LogP contribution in [0.15, 0.2) is 0 Å². The number of rotatable bonds is 2. The summed E-state index contributed by atoms with van der Waals surface area (Å²) in [5, 5.41) is 8.92. The van der Waals surface area contributed by atoms with Crippen molar-refractivity contribution in [3.8, 4) is 0 Å². The molecule has 0 aromatic carbocycles. The molecule has 0 aromatic rings. The van der Waals surface area contributed by atoms with Gasteiger partial charge in [-0.05, 0) is 27.2 Å². The van der Waals surface area contributed by atoms with Gasteiger partial charge in [0.25, 0.3) is 0 Å². The fourth-order valence-electron chi connectivity index (χ4n) is 1.94. The van der Waals surface area contributed by atoms with Gasteiger partial charge in [0.2, 0.25) is 0 Å². The number of carbonyl (C=O) groups excluding carboxylic acids is 2. The van der Waals surface area contributed by atoms with Crippen LogP contribution in [0.5, 0.6) is 0 Å². The van der Waals surface area contributed by atoms with Crippen LogP contribution in [0.4, 0.5) is 9.59 Å². The predicted molar refractivity (Wildman–Crippen MR) is 76.7 cm³/mol. The standard InChI is InChI=1S/C13H26N4O3/c1-13(2,3)20-12(19)16-10-6-9(7-14-8-10)15-11(18)17(4)5/h9-10,14H,6-8H2,1-5H3,(H,15,18)(H,16,19). The molecule has 0 aliphatic carbocycles. The number of carbonyl (C=O) groups is 2. The van der Waals surface area contributed by atoms with Crippen molar-refractivity contribution in [1.82, 2.24) is 20.9 Å². The van der Waals surface area contributed by atoms with Crippen molar-refractivity contribution in [2.45, 2.75) is 44.9 Å². The highest BCUT2D eigenvalue weighted by Gasteiger charge is 2.26. The van der Waals surface area contributed by atoms with Crippen LogP contribution >= 0.6 is 0 Å². The number of nitrogens with zero attached hydrogens (tertiary/aromatic N) is 1. The first-order chi connectivity index (χ1) is 9.17. The smallest absolute Gasteiger partial charge is 0.407 e. The summed E-state index contributed by atoms with van der Waals surface area (Å²) >= 11 is 0. The Hall–Kier alpha value is -1.50. The Balaban J connectivity index is 2.41. The minimum absolute atomic E-state index is 0.00131. The van der Waals surface area contributed by atoms with Gasteiger partial charge in [-0.3, -0.25) is 0 Å². The summed E-state index contributed by atoms with van der Waals surface area (Å²) in [5.74, 6) is 0. The summed E-state index contributed by atoms with van der Waals surface area (Å²) in [5.41, 5.74) is -0.509. The predicted octanol–water partition coefficient (Wildman–Crippen LogP) is 0.513. The number of ether oxygens (including phenoxy) is 1. The van der Waals surface area contributed by atoms with E-state index in [1.54, 1.807) is 14.1 Å². The molecule has 116 valence electrons. The molecule has 0 aromatic heterocycles. The Kier molecular flexibility index (Phi) is 5.62. The van der Waals surface area contributed by atoms with Crippen LogP contribution in [0.2, 0.25) is 0 Å². The molecule has 0 bridgehead atoms. The van der Waals surface area contributed by atoms with E-state index in [-0.39, 0.29) is 18.1 Å². The van der Waals surface area contributed by atoms with Crippen molar-refractivity contribution >= 4 is 12.1 Å². The minimum atomic E-state index is -0.509. The summed E-state index contributed by atoms with van der Waals surface area (Å²) in [4.78, 5) is 24.8. The fourth-order valence-corrected chi connectivity index (χ4v) is 1.94. The van der Waals surface area contributed by atoms with Gasteiger partial charge in [0.05, 0.1) is 0 Å². The second kappa shape index (κ2) is 6.78. The molecule has 2 unspecified atom stereocenters. The van der Waals surface area contributed by atoms with Crippen molar-refractivity contribution in [3.63, 3.8) is 0 Å². The van der Waals surface area contributed by atoms with Crippen molar-refractivity contribution in [1.29, 1.82) is 0 Å². The quantitative estimate of drug-likeness (QED) is 0.691. The summed E-state index contributed by atoms with van der Waals surface area (Å²) in [6.45, 7) is 6.85. The molecule has 0 radical (unpaired) electrons. The molecule has 3 amide bonds. The summed E-state index contributed by atoms with van der Waals surface area (Å²) in [6, 6.07) is -0.181. The van der Waals surface area contributed by atoms with Crippen LogP contribution in [0.1, 0.15) is 27.2 Å². The molecule has 0 spiro atoms. The first-order valence-corrected chi connectivity index (χ1v) is 6.85. The van der Waals surface area contributed by atoms with E-state index < -0.39 is 11.7 Å². The number of urea groups is 1. The normalized spacial score (nSPS) is 22.9. The summed E-state index contributed by atoms with van der Waals surface area (Å²) < 4.78 is 5.22. The monoisotopic (exact) mass is 286 g/mol. The lowest BCUT2D eigenvalue weighted by Crippen LogP contribution is -2.57. The van der Waals surface area contributed by atoms with Gasteiger partial charge in [-0.1, -0.05) is 0 Å². The molecule has 1 aliphatic heterocycles. The van der Waals surface area contributed by atoms with Crippen LogP contribution in [0.25, 0.3) is 0 Å². The molecule has 1 fully saturated rings. The van der Waals surface area contributed by atoms with Crippen LogP contribution in [0.3, 0.4) is 0 Å². The molecular formula is C13H26N4O3. The molecule has 3 N–H and O–H groups in total. The molecule has 7 heteroatoms. The van der Waals surface area contributed by atoms with E-state index in [1.165, 1.54) is 4.90 Å². The van der Waals surface area contributed by atoms with E-state index in [9.17, 15) is 9.59 Å². The third kappa shape index (κ3) is 6.10. The highest BCUT2D eigenvalue weighted by molar-refractivity contribution is 5.74. The SMILES string of the molecule is CN(C)C(=O)NC1CNCC(NC(=O)OC(C)(C)C)C1. The zero-order valence-corrected chi connectivity index (χ0v) is 12.9. The highest BCUT2D eigenvalue weighted by atomic mass is 16.6. The molecule has 1 heterocycles. The zero-order chi connectivity index (χ0) is 15.3. The van der Waals surface area contributed by atoms with Gasteiger partial charge in [-0.2, -0.15) is 0 Å². The lowest BCUT2D eigenvalue weighted by molar-refractivity contribution is 0.0494. The van der Waals surface area contributed by atoms with Crippen molar-refractivity contribution < 1.29 is 14.3 Å². The van der Waals surface area contributed by atoms with Gasteiger partial charge in [0.15, 0.2) is 0 Å². The van der Waals surface area contributed by atoms with E-state index in [1.807, 2.05) is 20.8 Å². The lowest BCUT2D eigenvalue weighted by atomic mass is 10.0. The van der Waals surface area contributed by atoms with E-state index in [0.717, 1.165) is 0 Å². The number of amides is 3. The number of nitrogens with one attached hydrogen (secondary N) is 3. The molecular weight excluding hydrogens is 260 g/mol. The van der Waals surface area contributed by atoms with Gasteiger partial charge in [-0.15, -0.1) is 0 Å². The van der Waals surface area contributed by atoms with Gasteiger partial charge < -0.3 is 25.6 Å². The van der Waals surface area contributed by atoms with Crippen molar-refractivity contribution in [2.24, 2.45) is 0 Å². The maximum Gasteiger partial charge on any atom is 0.407 e. The first kappa shape index (κ1) is 16.6. The maximum absolute atomic E-state index is 11.7. The van der Waals surface area contributed by atoms with Crippen LogP contribution in [-0.4, -0.2) is 61.9 Å². The van der Waals surface area contributed by atoms with Crippen molar-refractivity contribution in [2.75, 3.05) is 27.2 Å².